The molecule has 0 saturated carbocycles. The van der Waals surface area contributed by atoms with Crippen LogP contribution in [-0.2, 0) is 16.6 Å². The zero-order valence-corrected chi connectivity index (χ0v) is 26.3. The average Bonchev–Trinajstić information content (AvgIpc) is 3.54. The Labute approximate surface area is 258 Å². The van der Waals surface area contributed by atoms with Gasteiger partial charge in [-0.3, -0.25) is 24.0 Å². The van der Waals surface area contributed by atoms with Crippen LogP contribution in [0, 0.1) is 6.92 Å². The summed E-state index contributed by atoms with van der Waals surface area (Å²) in [7, 11) is 3.34. The summed E-state index contributed by atoms with van der Waals surface area (Å²) in [4.78, 5) is 48.5. The molecule has 0 aliphatic heterocycles. The maximum atomic E-state index is 14.3. The maximum absolute atomic E-state index is 14.3. The minimum atomic E-state index is -1.40. The number of hydrogen-bond acceptors (Lipinski definition) is 7. The van der Waals surface area contributed by atoms with Crippen LogP contribution in [0.3, 0.4) is 0 Å². The molecule has 0 bridgehead atoms. The number of carbonyl (C=O) groups is 2. The highest BCUT2D eigenvalue weighted by molar-refractivity contribution is 8.01. The summed E-state index contributed by atoms with van der Waals surface area (Å²) in [6.45, 7) is 5.32. The largest absolute Gasteiger partial charge is 0.497 e. The van der Waals surface area contributed by atoms with Crippen LogP contribution in [0.5, 0.6) is 5.75 Å². The number of anilines is 2. The molecule has 0 radical (unpaired) electrons. The molecule has 9 nitrogen and oxygen atoms in total. The Morgan fingerprint density at radius 1 is 1.05 bits per heavy atom. The highest BCUT2D eigenvalue weighted by Gasteiger charge is 2.44. The summed E-state index contributed by atoms with van der Waals surface area (Å²) in [6.07, 6.45) is 0.256. The number of thioether (sulfide) groups is 1. The smallest absolute Gasteiger partial charge is 0.295 e. The highest BCUT2D eigenvalue weighted by atomic mass is 32.2. The van der Waals surface area contributed by atoms with Gasteiger partial charge in [-0.2, -0.15) is 0 Å². The topological polar surface area (TPSA) is 98.5 Å². The van der Waals surface area contributed by atoms with Crippen molar-refractivity contribution in [3.05, 3.63) is 94.9 Å². The van der Waals surface area contributed by atoms with Gasteiger partial charge in [0, 0.05) is 12.7 Å². The Balaban J connectivity index is 1.56. The Morgan fingerprint density at radius 3 is 2.37 bits per heavy atom. The molecule has 3 aromatic carbocycles. The van der Waals surface area contributed by atoms with Crippen molar-refractivity contribution in [3.63, 3.8) is 0 Å². The number of amides is 2. The van der Waals surface area contributed by atoms with E-state index in [0.717, 1.165) is 14.6 Å². The van der Waals surface area contributed by atoms with Gasteiger partial charge in [-0.25, -0.2) is 9.67 Å². The van der Waals surface area contributed by atoms with Gasteiger partial charge in [-0.15, -0.1) is 11.3 Å². The number of ether oxygens (including phenoxy) is 1. The lowest BCUT2D eigenvalue weighted by atomic mass is 9.93. The molecule has 0 aliphatic rings. The van der Waals surface area contributed by atoms with Gasteiger partial charge < -0.3 is 10.1 Å². The molecular formula is C32H33N5O4S2. The van der Waals surface area contributed by atoms with Gasteiger partial charge in [0.15, 0.2) is 4.34 Å². The lowest BCUT2D eigenvalue weighted by molar-refractivity contribution is -0.125. The second-order valence-corrected chi connectivity index (χ2v) is 12.4. The Morgan fingerprint density at radius 2 is 1.72 bits per heavy atom. The number of nitrogens with one attached hydrogen (secondary N) is 1. The van der Waals surface area contributed by atoms with E-state index in [9.17, 15) is 14.4 Å². The van der Waals surface area contributed by atoms with Crippen LogP contribution < -0.4 is 20.5 Å². The molecule has 11 heteroatoms. The van der Waals surface area contributed by atoms with Crippen LogP contribution >= 0.6 is 23.1 Å². The Hall–Kier alpha value is -4.35. The van der Waals surface area contributed by atoms with Gasteiger partial charge in [-0.1, -0.05) is 49.0 Å². The maximum Gasteiger partial charge on any atom is 0.295 e. The second-order valence-electron chi connectivity index (χ2n) is 10.2. The van der Waals surface area contributed by atoms with E-state index >= 15 is 0 Å². The van der Waals surface area contributed by atoms with Crippen molar-refractivity contribution in [3.8, 4) is 11.4 Å². The van der Waals surface area contributed by atoms with Crippen LogP contribution in [-0.4, -0.2) is 44.6 Å². The Kier molecular flexibility index (Phi) is 8.74. The summed E-state index contributed by atoms with van der Waals surface area (Å²) in [6, 6.07) is 24.0. The fourth-order valence-electron chi connectivity index (χ4n) is 4.92. The Bertz CT molecular complexity index is 1800. The van der Waals surface area contributed by atoms with E-state index in [1.54, 1.807) is 57.0 Å². The minimum Gasteiger partial charge on any atom is -0.497 e. The number of rotatable bonds is 10. The fraction of sp³-hybridized carbons (Fsp3) is 0.250. The minimum absolute atomic E-state index is 0.00958. The fourth-order valence-corrected chi connectivity index (χ4v) is 6.84. The zero-order valence-electron chi connectivity index (χ0n) is 24.7. The van der Waals surface area contributed by atoms with Gasteiger partial charge in [0.25, 0.3) is 5.56 Å². The van der Waals surface area contributed by atoms with Crippen LogP contribution in [0.2, 0.25) is 0 Å². The van der Waals surface area contributed by atoms with Crippen molar-refractivity contribution >= 4 is 56.5 Å². The summed E-state index contributed by atoms with van der Waals surface area (Å²) >= 11 is 2.80. The zero-order chi connectivity index (χ0) is 30.7. The van der Waals surface area contributed by atoms with Gasteiger partial charge in [0.1, 0.15) is 17.0 Å². The molecule has 1 N–H and O–H groups in total. The van der Waals surface area contributed by atoms with Gasteiger partial charge in [0.2, 0.25) is 11.8 Å². The predicted octanol–water partition coefficient (Wildman–Crippen LogP) is 6.04. The number of hydrogen-bond donors (Lipinski definition) is 1. The molecule has 0 saturated heterocycles. The average molecular weight is 616 g/mol. The van der Waals surface area contributed by atoms with E-state index < -0.39 is 11.4 Å². The summed E-state index contributed by atoms with van der Waals surface area (Å²) in [5.41, 5.74) is 1.00. The van der Waals surface area contributed by atoms with Crippen molar-refractivity contribution in [1.29, 1.82) is 0 Å². The third-order valence-corrected chi connectivity index (χ3v) is 9.77. The molecule has 0 fully saturated rings. The van der Waals surface area contributed by atoms with Gasteiger partial charge >= 0.3 is 0 Å². The molecule has 1 atom stereocenters. The first-order valence-corrected chi connectivity index (χ1v) is 15.6. The van der Waals surface area contributed by atoms with Gasteiger partial charge in [0.05, 0.1) is 34.5 Å². The summed E-state index contributed by atoms with van der Waals surface area (Å²) < 4.78 is 10.2. The number of aromatic nitrogens is 3. The molecule has 0 spiro atoms. The van der Waals surface area contributed by atoms with Crippen LogP contribution in [0.1, 0.15) is 26.0 Å². The van der Waals surface area contributed by atoms with Crippen molar-refractivity contribution < 1.29 is 14.3 Å². The molecule has 222 valence electrons. The number of nitrogens with zero attached hydrogens (tertiary/aromatic N) is 4. The monoisotopic (exact) mass is 615 g/mol. The first-order valence-electron chi connectivity index (χ1n) is 13.8. The van der Waals surface area contributed by atoms with E-state index in [1.165, 1.54) is 32.7 Å². The van der Waals surface area contributed by atoms with E-state index in [2.05, 4.69) is 10.3 Å². The quantitative estimate of drug-likeness (QED) is 0.193. The summed E-state index contributed by atoms with van der Waals surface area (Å²) in [5.74, 6) is -0.136. The highest BCUT2D eigenvalue weighted by Crippen LogP contribution is 2.34. The van der Waals surface area contributed by atoms with Crippen molar-refractivity contribution in [1.82, 2.24) is 14.3 Å². The summed E-state index contributed by atoms with van der Waals surface area (Å²) in [5, 5.41) is 2.95. The normalized spacial score (nSPS) is 12.6. The molecule has 5 aromatic rings. The van der Waals surface area contributed by atoms with Crippen LogP contribution in [0.4, 0.5) is 11.4 Å². The number of thiazole rings is 1. The molecular weight excluding hydrogens is 583 g/mol. The second kappa shape index (κ2) is 12.5. The van der Waals surface area contributed by atoms with E-state index in [4.69, 9.17) is 4.74 Å². The third-order valence-electron chi connectivity index (χ3n) is 7.61. The molecule has 2 heterocycles. The molecule has 2 amide bonds. The van der Waals surface area contributed by atoms with Crippen molar-refractivity contribution in [2.24, 2.45) is 7.05 Å². The number of methoxy groups -OCH3 is 1. The number of benzene rings is 3. The van der Waals surface area contributed by atoms with E-state index in [-0.39, 0.29) is 29.3 Å². The number of para-hydroxylation sites is 2. The SMILES string of the molecule is CC[C@](C)(C(=O)Nc1ccc(OC)cc1)N(C(=O)CSc1nc2ccccc2s1)c1c(C)n(C)n(-c2ccccc2)c1=O. The standard InChI is InChI=1S/C32H33N5O4S2/c1-6-32(3,30(40)33-22-16-18-24(41-5)19-17-22)36(27(38)20-42-31-34-25-14-10-11-15-26(25)43-31)28-21(2)35(4)37(29(28)39)23-12-8-7-9-13-23/h7-19H,6,20H2,1-5H3,(H,33,40)/t32-/m1/s1. The first-order chi connectivity index (χ1) is 20.7. The van der Waals surface area contributed by atoms with E-state index in [1.807, 2.05) is 61.5 Å². The van der Waals surface area contributed by atoms with Crippen molar-refractivity contribution in [2.75, 3.05) is 23.1 Å². The molecule has 5 rings (SSSR count). The van der Waals surface area contributed by atoms with Crippen LogP contribution in [0.25, 0.3) is 15.9 Å². The van der Waals surface area contributed by atoms with E-state index in [0.29, 0.717) is 22.8 Å². The molecule has 0 aliphatic carbocycles. The lowest BCUT2D eigenvalue weighted by Crippen LogP contribution is -2.59. The number of carbonyl (C=O) groups excluding carboxylic acids is 2. The lowest BCUT2D eigenvalue weighted by Gasteiger charge is -2.38. The van der Waals surface area contributed by atoms with Crippen molar-refractivity contribution in [2.45, 2.75) is 37.1 Å². The predicted molar refractivity (Wildman–Crippen MR) is 174 cm³/mol. The van der Waals surface area contributed by atoms with Gasteiger partial charge in [-0.05, 0) is 68.8 Å². The third kappa shape index (κ3) is 5.82. The van der Waals surface area contributed by atoms with Crippen LogP contribution in [0.15, 0.2) is 88.0 Å². The first kappa shape index (κ1) is 30.1. The molecule has 0 unspecified atom stereocenters. The molecule has 43 heavy (non-hydrogen) atoms. The number of fused-ring (bicyclic) bond motifs is 1. The molecule has 2 aromatic heterocycles.